The number of hydrogen-bond donors (Lipinski definition) is 1. The first-order valence-corrected chi connectivity index (χ1v) is 8.19. The van der Waals surface area contributed by atoms with Crippen LogP contribution in [0.15, 0.2) is 30.5 Å². The van der Waals surface area contributed by atoms with Crippen LogP contribution in [-0.2, 0) is 11.2 Å². The maximum absolute atomic E-state index is 12.7. The normalized spacial score (nSPS) is 10.6. The Morgan fingerprint density at radius 3 is 2.67 bits per heavy atom. The lowest BCUT2D eigenvalue weighted by Crippen LogP contribution is -2.36. The molecule has 0 unspecified atom stereocenters. The lowest BCUT2D eigenvalue weighted by molar-refractivity contribution is -0.137. The number of nitrogens with zero attached hydrogens (tertiary/aromatic N) is 3. The highest BCUT2D eigenvalue weighted by Gasteiger charge is 2.23. The standard InChI is InChI=1S/C17H20ClN3O3/c1-3-8-20(11-16(22)23)17(24)14-10-19-21(15(14)4-2)13-7-5-6-12(18)9-13/h5-7,9-10H,3-4,8,11H2,1-2H3,(H,22,23). The summed E-state index contributed by atoms with van der Waals surface area (Å²) < 4.78 is 1.67. The van der Waals surface area contributed by atoms with Crippen LogP contribution in [-0.4, -0.2) is 44.8 Å². The topological polar surface area (TPSA) is 75.4 Å². The molecule has 0 saturated heterocycles. The van der Waals surface area contributed by atoms with E-state index in [1.54, 1.807) is 16.8 Å². The van der Waals surface area contributed by atoms with Gasteiger partial charge in [0.2, 0.25) is 0 Å². The maximum Gasteiger partial charge on any atom is 0.323 e. The second-order valence-electron chi connectivity index (χ2n) is 5.37. The third-order valence-corrected chi connectivity index (χ3v) is 3.83. The van der Waals surface area contributed by atoms with Crippen LogP contribution in [0.5, 0.6) is 0 Å². The molecule has 0 atom stereocenters. The van der Waals surface area contributed by atoms with Crippen LogP contribution in [0.25, 0.3) is 5.69 Å². The van der Waals surface area contributed by atoms with Gasteiger partial charge in [-0.3, -0.25) is 9.59 Å². The van der Waals surface area contributed by atoms with Crippen LogP contribution >= 0.6 is 11.6 Å². The minimum absolute atomic E-state index is 0.315. The Labute approximate surface area is 145 Å². The molecule has 0 fully saturated rings. The number of hydrogen-bond acceptors (Lipinski definition) is 3. The Balaban J connectivity index is 2.40. The van der Waals surface area contributed by atoms with Crippen molar-refractivity contribution >= 4 is 23.5 Å². The number of carbonyl (C=O) groups is 2. The molecule has 0 radical (unpaired) electrons. The van der Waals surface area contributed by atoms with Crippen molar-refractivity contribution in [3.63, 3.8) is 0 Å². The zero-order chi connectivity index (χ0) is 17.7. The van der Waals surface area contributed by atoms with E-state index in [9.17, 15) is 9.59 Å². The van der Waals surface area contributed by atoms with E-state index < -0.39 is 5.97 Å². The lowest BCUT2D eigenvalue weighted by atomic mass is 10.1. The van der Waals surface area contributed by atoms with Gasteiger partial charge >= 0.3 is 5.97 Å². The minimum Gasteiger partial charge on any atom is -0.480 e. The molecule has 24 heavy (non-hydrogen) atoms. The molecule has 0 bridgehead atoms. The van der Waals surface area contributed by atoms with E-state index in [0.29, 0.717) is 30.0 Å². The van der Waals surface area contributed by atoms with Gasteiger partial charge in [0.15, 0.2) is 0 Å². The fraction of sp³-hybridized carbons (Fsp3) is 0.353. The average Bonchev–Trinajstić information content (AvgIpc) is 2.97. The molecule has 128 valence electrons. The fourth-order valence-corrected chi connectivity index (χ4v) is 2.76. The van der Waals surface area contributed by atoms with Crippen LogP contribution in [0.1, 0.15) is 36.3 Å². The molecular weight excluding hydrogens is 330 g/mol. The molecule has 7 heteroatoms. The largest absolute Gasteiger partial charge is 0.480 e. The Hall–Kier alpha value is -2.34. The van der Waals surface area contributed by atoms with Crippen LogP contribution < -0.4 is 0 Å². The number of aromatic nitrogens is 2. The predicted molar refractivity (Wildman–Crippen MR) is 91.8 cm³/mol. The number of aliphatic carboxylic acids is 1. The van der Waals surface area contributed by atoms with Crippen LogP contribution in [0.2, 0.25) is 5.02 Å². The average molecular weight is 350 g/mol. The molecule has 1 amide bonds. The van der Waals surface area contributed by atoms with E-state index in [4.69, 9.17) is 16.7 Å². The van der Waals surface area contributed by atoms with Gasteiger partial charge in [0.25, 0.3) is 5.91 Å². The molecule has 6 nitrogen and oxygen atoms in total. The van der Waals surface area contributed by atoms with Crippen molar-refractivity contribution in [2.45, 2.75) is 26.7 Å². The van der Waals surface area contributed by atoms with Gasteiger partial charge in [0.05, 0.1) is 23.1 Å². The predicted octanol–water partition coefficient (Wildman–Crippen LogP) is 3.02. The molecule has 1 aromatic heterocycles. The van der Waals surface area contributed by atoms with Gasteiger partial charge in [-0.05, 0) is 31.0 Å². The summed E-state index contributed by atoms with van der Waals surface area (Å²) in [4.78, 5) is 25.1. The monoisotopic (exact) mass is 349 g/mol. The molecule has 0 aliphatic heterocycles. The fourth-order valence-electron chi connectivity index (χ4n) is 2.58. The number of carboxylic acid groups (broad SMARTS) is 1. The van der Waals surface area contributed by atoms with Crippen molar-refractivity contribution in [3.8, 4) is 5.69 Å². The van der Waals surface area contributed by atoms with Crippen molar-refractivity contribution in [3.05, 3.63) is 46.7 Å². The summed E-state index contributed by atoms with van der Waals surface area (Å²) in [6.45, 7) is 3.89. The Kier molecular flexibility index (Phi) is 5.98. The van der Waals surface area contributed by atoms with Gasteiger partial charge in [-0.2, -0.15) is 5.10 Å². The summed E-state index contributed by atoms with van der Waals surface area (Å²) in [6.07, 6.45) is 2.76. The third kappa shape index (κ3) is 3.94. The summed E-state index contributed by atoms with van der Waals surface area (Å²) in [5, 5.41) is 13.9. The minimum atomic E-state index is -1.03. The molecule has 2 aromatic rings. The summed E-state index contributed by atoms with van der Waals surface area (Å²) >= 11 is 6.03. The smallest absolute Gasteiger partial charge is 0.323 e. The third-order valence-electron chi connectivity index (χ3n) is 3.59. The molecule has 1 heterocycles. The molecule has 2 rings (SSSR count). The second kappa shape index (κ2) is 7.97. The van der Waals surface area contributed by atoms with E-state index in [1.807, 2.05) is 26.0 Å². The Bertz CT molecular complexity index is 742. The van der Waals surface area contributed by atoms with Crippen molar-refractivity contribution in [2.24, 2.45) is 0 Å². The molecule has 0 spiro atoms. The number of rotatable bonds is 7. The van der Waals surface area contributed by atoms with Crippen LogP contribution in [0.3, 0.4) is 0 Å². The van der Waals surface area contributed by atoms with Crippen molar-refractivity contribution in [2.75, 3.05) is 13.1 Å². The van der Waals surface area contributed by atoms with Gasteiger partial charge in [-0.15, -0.1) is 0 Å². The Morgan fingerprint density at radius 2 is 2.08 bits per heavy atom. The maximum atomic E-state index is 12.7. The quantitative estimate of drug-likeness (QED) is 0.833. The van der Waals surface area contributed by atoms with E-state index in [2.05, 4.69) is 5.10 Å². The Morgan fingerprint density at radius 1 is 1.33 bits per heavy atom. The molecule has 1 aromatic carbocycles. The van der Waals surface area contributed by atoms with Crippen molar-refractivity contribution in [1.82, 2.24) is 14.7 Å². The van der Waals surface area contributed by atoms with Crippen LogP contribution in [0.4, 0.5) is 0 Å². The van der Waals surface area contributed by atoms with Gasteiger partial charge in [-0.1, -0.05) is 31.5 Å². The molecule has 1 N–H and O–H groups in total. The number of carbonyl (C=O) groups excluding carboxylic acids is 1. The summed E-state index contributed by atoms with van der Waals surface area (Å²) in [5.41, 5.74) is 1.92. The van der Waals surface area contributed by atoms with E-state index >= 15 is 0 Å². The van der Waals surface area contributed by atoms with Gasteiger partial charge in [-0.25, -0.2) is 4.68 Å². The zero-order valence-electron chi connectivity index (χ0n) is 13.7. The molecule has 0 aliphatic rings. The molecule has 0 saturated carbocycles. The number of benzene rings is 1. The first-order chi connectivity index (χ1) is 11.5. The summed E-state index contributed by atoms with van der Waals surface area (Å²) in [6, 6.07) is 7.20. The summed E-state index contributed by atoms with van der Waals surface area (Å²) in [5.74, 6) is -1.35. The highest BCUT2D eigenvalue weighted by molar-refractivity contribution is 6.30. The second-order valence-corrected chi connectivity index (χ2v) is 5.81. The first kappa shape index (κ1) is 18.0. The summed E-state index contributed by atoms with van der Waals surface area (Å²) in [7, 11) is 0. The number of amides is 1. The van der Waals surface area contributed by atoms with Gasteiger partial charge < -0.3 is 10.0 Å². The molecular formula is C17H20ClN3O3. The highest BCUT2D eigenvalue weighted by Crippen LogP contribution is 2.20. The molecule has 0 aliphatic carbocycles. The van der Waals surface area contributed by atoms with E-state index in [0.717, 1.165) is 11.4 Å². The lowest BCUT2D eigenvalue weighted by Gasteiger charge is -2.20. The van der Waals surface area contributed by atoms with Gasteiger partial charge in [0, 0.05) is 11.6 Å². The van der Waals surface area contributed by atoms with Crippen molar-refractivity contribution in [1.29, 1.82) is 0 Å². The first-order valence-electron chi connectivity index (χ1n) is 7.81. The van der Waals surface area contributed by atoms with E-state index in [1.165, 1.54) is 11.1 Å². The SMILES string of the molecule is CCCN(CC(=O)O)C(=O)c1cnn(-c2cccc(Cl)c2)c1CC. The highest BCUT2D eigenvalue weighted by atomic mass is 35.5. The zero-order valence-corrected chi connectivity index (χ0v) is 14.5. The van der Waals surface area contributed by atoms with Gasteiger partial charge in [0.1, 0.15) is 6.54 Å². The van der Waals surface area contributed by atoms with Crippen molar-refractivity contribution < 1.29 is 14.7 Å². The van der Waals surface area contributed by atoms with Crippen LogP contribution in [0, 0.1) is 0 Å². The van der Waals surface area contributed by atoms with E-state index in [-0.39, 0.29) is 12.5 Å². The number of carboxylic acids is 1. The number of halogens is 1.